The number of aromatic hydroxyl groups is 1. The number of phenols is 1. The number of hydrogen-bond acceptors (Lipinski definition) is 12. The Bertz CT molecular complexity index is 1710. The van der Waals surface area contributed by atoms with Crippen molar-refractivity contribution in [2.75, 3.05) is 53.3 Å². The average Bonchev–Trinajstić information content (AvgIpc) is 3.18. The molecule has 2 aromatic rings. The molecule has 3 aliphatic rings. The first-order valence-corrected chi connectivity index (χ1v) is 18.9. The molecule has 6 atom stereocenters. The minimum absolute atomic E-state index is 0.00299. The Morgan fingerprint density at radius 3 is 2.49 bits per heavy atom. The molecule has 0 spiro atoms. The molecule has 0 bridgehead atoms. The monoisotopic (exact) mass is 763 g/mol. The van der Waals surface area contributed by atoms with Crippen molar-refractivity contribution in [3.63, 3.8) is 0 Å². The molecular weight excluding hydrogens is 710 g/mol. The van der Waals surface area contributed by atoms with Crippen LogP contribution in [0.1, 0.15) is 62.0 Å². The molecule has 14 heteroatoms. The Hall–Kier alpha value is -4.60. The number of non-ortho nitro benzene ring substituents is 1. The molecule has 4 N–H and O–H groups in total. The highest BCUT2D eigenvalue weighted by atomic mass is 16.7. The van der Waals surface area contributed by atoms with Gasteiger partial charge in [0.1, 0.15) is 24.7 Å². The fourth-order valence-corrected chi connectivity index (χ4v) is 8.49. The lowest BCUT2D eigenvalue weighted by atomic mass is 9.55. The average molecular weight is 764 g/mol. The minimum Gasteiger partial charge on any atom is -0.508 e. The molecule has 1 fully saturated rings. The van der Waals surface area contributed by atoms with E-state index < -0.39 is 28.6 Å². The SMILES string of the molecule is C=CCOC12Oc3ccc(O)cc3C3C(CCCCO)C(CCCCO)C=C(C(=NOC)CC1N(CCOCCO)C(=O)C=Cc1ccc([N+](=O)[O-])cc1)C32. The summed E-state index contributed by atoms with van der Waals surface area (Å²) >= 11 is 0. The number of fused-ring (bicyclic) bond motifs is 2. The summed E-state index contributed by atoms with van der Waals surface area (Å²) in [6.07, 6.45) is 11.3. The van der Waals surface area contributed by atoms with Gasteiger partial charge in [-0.1, -0.05) is 30.1 Å². The molecular formula is C41H53N3O11. The van der Waals surface area contributed by atoms with Crippen molar-refractivity contribution in [1.29, 1.82) is 0 Å². The number of nitro benzene ring substituents is 1. The van der Waals surface area contributed by atoms with Crippen molar-refractivity contribution in [2.45, 2.75) is 62.7 Å². The van der Waals surface area contributed by atoms with E-state index in [0.29, 0.717) is 29.9 Å². The maximum Gasteiger partial charge on any atom is 0.269 e. The number of nitrogens with zero attached hydrogens (tertiary/aromatic N) is 3. The van der Waals surface area contributed by atoms with Crippen molar-refractivity contribution in [2.24, 2.45) is 22.9 Å². The normalized spacial score (nSPS) is 24.8. The predicted octanol–water partition coefficient (Wildman–Crippen LogP) is 5.11. The number of oxime groups is 1. The summed E-state index contributed by atoms with van der Waals surface area (Å²) in [5, 5.41) is 55.5. The first-order chi connectivity index (χ1) is 26.7. The van der Waals surface area contributed by atoms with Crippen LogP contribution in [0.5, 0.6) is 11.5 Å². The van der Waals surface area contributed by atoms with Gasteiger partial charge < -0.3 is 44.4 Å². The highest BCUT2D eigenvalue weighted by Gasteiger charge is 2.65. The van der Waals surface area contributed by atoms with Crippen LogP contribution in [-0.2, 0) is 19.1 Å². The molecule has 55 heavy (non-hydrogen) atoms. The molecule has 2 aromatic carbocycles. The number of unbranched alkanes of at least 4 members (excludes halogenated alkanes) is 2. The first kappa shape index (κ1) is 41.6. The molecule has 1 amide bonds. The molecule has 0 aromatic heterocycles. The van der Waals surface area contributed by atoms with Gasteiger partial charge in [-0.2, -0.15) is 0 Å². The van der Waals surface area contributed by atoms with E-state index in [-0.39, 0.29) is 81.8 Å². The summed E-state index contributed by atoms with van der Waals surface area (Å²) in [5.74, 6) is -2.12. The maximum absolute atomic E-state index is 14.5. The van der Waals surface area contributed by atoms with Gasteiger partial charge in [-0.3, -0.25) is 14.9 Å². The third kappa shape index (κ3) is 9.45. The van der Waals surface area contributed by atoms with E-state index in [1.165, 1.54) is 25.3 Å². The summed E-state index contributed by atoms with van der Waals surface area (Å²) in [6, 6.07) is 10.1. The molecule has 1 saturated carbocycles. The summed E-state index contributed by atoms with van der Waals surface area (Å²) in [4.78, 5) is 32.3. The van der Waals surface area contributed by atoms with Crippen LogP contribution in [0.4, 0.5) is 5.69 Å². The van der Waals surface area contributed by atoms with Gasteiger partial charge in [-0.25, -0.2) is 0 Å². The Kier molecular flexibility index (Phi) is 15.0. The molecule has 14 nitrogen and oxygen atoms in total. The van der Waals surface area contributed by atoms with E-state index in [9.17, 15) is 35.3 Å². The molecule has 1 aliphatic heterocycles. The standard InChI is InChI=1S/C41H53N3O11/c1-3-22-54-41-37(43(18-23-53-24-21-47)38(49)17-12-28-10-13-30(14-11-28)44(50)51)27-35(42-52-2)33-25-29(8-4-6-19-45)32(9-5-7-20-46)39(40(33)41)34-26-31(48)15-16-36(34)55-41/h3,10-17,25-26,29,32,37,39-40,45-48H,1,4-9,18-24,27H2,2H3. The fraction of sp³-hybridized carbons (Fsp3) is 0.512. The maximum atomic E-state index is 14.5. The smallest absolute Gasteiger partial charge is 0.269 e. The Balaban J connectivity index is 1.70. The highest BCUT2D eigenvalue weighted by Crippen LogP contribution is 2.61. The molecule has 1 heterocycles. The second kappa shape index (κ2) is 19.8. The van der Waals surface area contributed by atoms with Crippen LogP contribution in [0.15, 0.2) is 78.0 Å². The summed E-state index contributed by atoms with van der Waals surface area (Å²) < 4.78 is 19.6. The van der Waals surface area contributed by atoms with E-state index in [2.05, 4.69) is 17.8 Å². The number of amides is 1. The Morgan fingerprint density at radius 1 is 1.07 bits per heavy atom. The lowest BCUT2D eigenvalue weighted by Crippen LogP contribution is -2.70. The van der Waals surface area contributed by atoms with Gasteiger partial charge in [-0.15, -0.1) is 6.58 Å². The zero-order valence-electron chi connectivity index (χ0n) is 31.3. The molecule has 0 radical (unpaired) electrons. The van der Waals surface area contributed by atoms with Crippen LogP contribution in [0.2, 0.25) is 0 Å². The van der Waals surface area contributed by atoms with Gasteiger partial charge in [0.2, 0.25) is 11.7 Å². The van der Waals surface area contributed by atoms with E-state index in [0.717, 1.165) is 36.8 Å². The number of nitro groups is 1. The summed E-state index contributed by atoms with van der Waals surface area (Å²) in [5.41, 5.74) is 2.78. The van der Waals surface area contributed by atoms with Crippen molar-refractivity contribution >= 4 is 23.4 Å². The number of carbonyl (C=O) groups excluding carboxylic acids is 1. The van der Waals surface area contributed by atoms with Crippen molar-refractivity contribution in [3.05, 3.63) is 94.1 Å². The first-order valence-electron chi connectivity index (χ1n) is 18.9. The largest absolute Gasteiger partial charge is 0.508 e. The van der Waals surface area contributed by atoms with Crippen LogP contribution in [0, 0.1) is 27.9 Å². The van der Waals surface area contributed by atoms with Gasteiger partial charge in [0.25, 0.3) is 5.69 Å². The number of ether oxygens (including phenoxy) is 3. The van der Waals surface area contributed by atoms with Crippen LogP contribution in [0.25, 0.3) is 6.08 Å². The Morgan fingerprint density at radius 2 is 1.82 bits per heavy atom. The van der Waals surface area contributed by atoms with Crippen molar-refractivity contribution < 1.29 is 49.2 Å². The Labute approximate surface area is 321 Å². The number of aliphatic hydroxyl groups is 3. The zero-order valence-corrected chi connectivity index (χ0v) is 31.3. The second-order valence-corrected chi connectivity index (χ2v) is 14.0. The van der Waals surface area contributed by atoms with Crippen molar-refractivity contribution in [1.82, 2.24) is 4.90 Å². The number of rotatable bonds is 21. The van der Waals surface area contributed by atoms with Crippen LogP contribution in [0.3, 0.4) is 0 Å². The number of allylic oxidation sites excluding steroid dienone is 1. The molecule has 298 valence electrons. The second-order valence-electron chi connectivity index (χ2n) is 14.0. The van der Waals surface area contributed by atoms with Gasteiger partial charge >= 0.3 is 0 Å². The topological polar surface area (TPSA) is 194 Å². The van der Waals surface area contributed by atoms with Gasteiger partial charge in [-0.05, 0) is 85.1 Å². The molecule has 0 saturated heterocycles. The quantitative estimate of drug-likeness (QED) is 0.0434. The van der Waals surface area contributed by atoms with Gasteiger partial charge in [0.15, 0.2) is 0 Å². The summed E-state index contributed by atoms with van der Waals surface area (Å²) in [7, 11) is 1.47. The number of hydrogen-bond donors (Lipinski definition) is 4. The molecule has 5 rings (SSSR count). The highest BCUT2D eigenvalue weighted by molar-refractivity contribution is 6.03. The van der Waals surface area contributed by atoms with Crippen LogP contribution < -0.4 is 4.74 Å². The third-order valence-electron chi connectivity index (χ3n) is 10.8. The lowest BCUT2D eigenvalue weighted by molar-refractivity contribution is -0.384. The van der Waals surface area contributed by atoms with E-state index in [1.807, 2.05) is 0 Å². The number of carbonyl (C=O) groups is 1. The molecule has 6 unspecified atom stereocenters. The predicted molar refractivity (Wildman–Crippen MR) is 205 cm³/mol. The van der Waals surface area contributed by atoms with E-state index >= 15 is 0 Å². The number of phenolic OH excluding ortho intramolecular Hbond substituents is 1. The number of benzene rings is 2. The van der Waals surface area contributed by atoms with Crippen LogP contribution >= 0.6 is 0 Å². The van der Waals surface area contributed by atoms with E-state index in [4.69, 9.17) is 19.0 Å². The van der Waals surface area contributed by atoms with Crippen LogP contribution in [-0.4, -0.2) is 107 Å². The van der Waals surface area contributed by atoms with Gasteiger partial charge in [0.05, 0.1) is 43.0 Å². The number of aliphatic hydroxyl groups excluding tert-OH is 3. The molecule has 2 aliphatic carbocycles. The van der Waals surface area contributed by atoms with E-state index in [1.54, 1.807) is 47.4 Å². The zero-order chi connectivity index (χ0) is 39.4. The fourth-order valence-electron chi connectivity index (χ4n) is 8.49. The van der Waals surface area contributed by atoms with Crippen molar-refractivity contribution in [3.8, 4) is 11.5 Å². The third-order valence-corrected chi connectivity index (χ3v) is 10.8. The minimum atomic E-state index is -1.50. The van der Waals surface area contributed by atoms with Gasteiger partial charge in [0, 0.05) is 55.9 Å². The lowest BCUT2D eigenvalue weighted by Gasteiger charge is -2.60. The summed E-state index contributed by atoms with van der Waals surface area (Å²) in [6.45, 7) is 4.18.